The minimum atomic E-state index is 0.545. The zero-order valence-electron chi connectivity index (χ0n) is 16.4. The van der Waals surface area contributed by atoms with Crippen molar-refractivity contribution in [2.75, 3.05) is 14.2 Å². The molecule has 0 amide bonds. The molecular weight excluding hydrogens is 384 g/mol. The summed E-state index contributed by atoms with van der Waals surface area (Å²) in [5.41, 5.74) is 2.11. The highest BCUT2D eigenvalue weighted by atomic mass is 32.1. The second-order valence-electron chi connectivity index (χ2n) is 6.76. The second kappa shape index (κ2) is 8.46. The molecule has 29 heavy (non-hydrogen) atoms. The topological polar surface area (TPSA) is 48.4 Å². The van der Waals surface area contributed by atoms with Gasteiger partial charge in [0.1, 0.15) is 5.75 Å². The van der Waals surface area contributed by atoms with Crippen LogP contribution >= 0.6 is 12.2 Å². The summed E-state index contributed by atoms with van der Waals surface area (Å²) in [6.07, 6.45) is 1.64. The van der Waals surface area contributed by atoms with E-state index in [4.69, 9.17) is 26.5 Å². The molecule has 0 aliphatic carbocycles. The van der Waals surface area contributed by atoms with Gasteiger partial charge in [-0.2, -0.15) is 0 Å². The first-order chi connectivity index (χ1) is 14.2. The van der Waals surface area contributed by atoms with Crippen molar-refractivity contribution in [1.82, 2.24) is 19.2 Å². The maximum Gasteiger partial charge on any atom is 0.204 e. The van der Waals surface area contributed by atoms with E-state index >= 15 is 0 Å². The van der Waals surface area contributed by atoms with Crippen molar-refractivity contribution in [3.63, 3.8) is 0 Å². The van der Waals surface area contributed by atoms with Gasteiger partial charge in [0.25, 0.3) is 0 Å². The normalized spacial score (nSPS) is 11.1. The van der Waals surface area contributed by atoms with Gasteiger partial charge >= 0.3 is 0 Å². The third kappa shape index (κ3) is 4.16. The van der Waals surface area contributed by atoms with Crippen molar-refractivity contribution in [3.8, 4) is 23.0 Å². The molecule has 0 N–H and O–H groups in total. The molecule has 0 saturated heterocycles. The minimum absolute atomic E-state index is 0.545. The van der Waals surface area contributed by atoms with E-state index in [0.29, 0.717) is 23.0 Å². The molecule has 7 heteroatoms. The summed E-state index contributed by atoms with van der Waals surface area (Å²) in [6.45, 7) is 1.29. The van der Waals surface area contributed by atoms with Gasteiger partial charge in [0, 0.05) is 6.54 Å². The smallest absolute Gasteiger partial charge is 0.204 e. The van der Waals surface area contributed by atoms with E-state index < -0.39 is 0 Å². The van der Waals surface area contributed by atoms with Gasteiger partial charge in [0.05, 0.1) is 25.7 Å². The first kappa shape index (κ1) is 19.2. The molecule has 4 rings (SSSR count). The van der Waals surface area contributed by atoms with Gasteiger partial charge in [0.2, 0.25) is 10.6 Å². The number of para-hydroxylation sites is 1. The molecule has 0 saturated carbocycles. The largest absolute Gasteiger partial charge is 0.497 e. The highest BCUT2D eigenvalue weighted by Gasteiger charge is 2.17. The molecule has 0 unspecified atom stereocenters. The van der Waals surface area contributed by atoms with Crippen LogP contribution in [0.25, 0.3) is 17.3 Å². The Morgan fingerprint density at radius 3 is 2.62 bits per heavy atom. The Morgan fingerprint density at radius 2 is 1.90 bits per heavy atom. The van der Waals surface area contributed by atoms with Gasteiger partial charge in [-0.05, 0) is 61.2 Å². The third-order valence-corrected chi connectivity index (χ3v) is 4.95. The Kier molecular flexibility index (Phi) is 5.59. The average Bonchev–Trinajstić information content (AvgIpc) is 3.37. The van der Waals surface area contributed by atoms with Crippen LogP contribution in [0.5, 0.6) is 5.75 Å². The van der Waals surface area contributed by atoms with E-state index in [-0.39, 0.29) is 0 Å². The summed E-state index contributed by atoms with van der Waals surface area (Å²) in [5.74, 6) is 2.20. The number of hydrogen-bond acceptors (Lipinski definition) is 5. The van der Waals surface area contributed by atoms with E-state index in [2.05, 4.69) is 11.0 Å². The summed E-state index contributed by atoms with van der Waals surface area (Å²) in [4.78, 5) is 2.15. The van der Waals surface area contributed by atoms with Crippen molar-refractivity contribution in [2.45, 2.75) is 13.2 Å². The zero-order valence-corrected chi connectivity index (χ0v) is 17.2. The third-order valence-electron chi connectivity index (χ3n) is 4.56. The van der Waals surface area contributed by atoms with Gasteiger partial charge < -0.3 is 9.15 Å². The molecule has 6 nitrogen and oxygen atoms in total. The number of methoxy groups -OCH3 is 1. The number of rotatable bonds is 7. The molecule has 0 radical (unpaired) electrons. The Balaban J connectivity index is 1.65. The van der Waals surface area contributed by atoms with Crippen LogP contribution in [0.15, 0.2) is 77.4 Å². The molecule has 2 aromatic carbocycles. The fourth-order valence-corrected chi connectivity index (χ4v) is 3.53. The number of benzene rings is 2. The average molecular weight is 407 g/mol. The quantitative estimate of drug-likeness (QED) is 0.414. The maximum absolute atomic E-state index is 5.77. The molecule has 148 valence electrons. The van der Waals surface area contributed by atoms with Gasteiger partial charge in [-0.1, -0.05) is 30.3 Å². The summed E-state index contributed by atoms with van der Waals surface area (Å²) in [6, 6.07) is 21.7. The van der Waals surface area contributed by atoms with E-state index in [1.807, 2.05) is 77.0 Å². The molecule has 0 aliphatic rings. The van der Waals surface area contributed by atoms with Crippen LogP contribution in [0.3, 0.4) is 0 Å². The lowest BCUT2D eigenvalue weighted by atomic mass is 10.2. The Bertz CT molecular complexity index is 1130. The molecule has 0 spiro atoms. The highest BCUT2D eigenvalue weighted by Crippen LogP contribution is 2.23. The molecule has 4 aromatic rings. The monoisotopic (exact) mass is 406 g/mol. The van der Waals surface area contributed by atoms with Crippen molar-refractivity contribution in [3.05, 3.63) is 83.3 Å². The number of aromatic nitrogens is 3. The summed E-state index contributed by atoms with van der Waals surface area (Å²) in [7, 11) is 3.71. The molecular formula is C22H22N4O2S. The summed E-state index contributed by atoms with van der Waals surface area (Å²) < 4.78 is 15.3. The molecule has 0 aliphatic heterocycles. The van der Waals surface area contributed by atoms with Gasteiger partial charge in [-0.25, -0.2) is 4.68 Å². The zero-order chi connectivity index (χ0) is 20.2. The van der Waals surface area contributed by atoms with Crippen molar-refractivity contribution in [2.24, 2.45) is 0 Å². The lowest BCUT2D eigenvalue weighted by Crippen LogP contribution is -2.22. The molecule has 0 fully saturated rings. The van der Waals surface area contributed by atoms with Crippen LogP contribution in [0.1, 0.15) is 5.56 Å². The predicted octanol–water partition coefficient (Wildman–Crippen LogP) is 4.76. The number of ether oxygens (including phenoxy) is 1. The van der Waals surface area contributed by atoms with Crippen LogP contribution in [-0.4, -0.2) is 33.4 Å². The van der Waals surface area contributed by atoms with E-state index in [1.165, 1.54) is 0 Å². The van der Waals surface area contributed by atoms with Gasteiger partial charge in [-0.3, -0.25) is 9.47 Å². The number of furan rings is 1. The molecule has 2 aromatic heterocycles. The SMILES string of the molecule is COc1cccc(CN(C)Cn2nc(-c3ccco3)n(-c3ccccc3)c2=S)c1. The van der Waals surface area contributed by atoms with E-state index in [1.54, 1.807) is 13.4 Å². The van der Waals surface area contributed by atoms with E-state index in [0.717, 1.165) is 23.5 Å². The van der Waals surface area contributed by atoms with E-state index in [9.17, 15) is 0 Å². The van der Waals surface area contributed by atoms with Gasteiger partial charge in [0.15, 0.2) is 5.76 Å². The fourth-order valence-electron chi connectivity index (χ4n) is 3.24. The molecule has 0 bridgehead atoms. The lowest BCUT2D eigenvalue weighted by molar-refractivity contribution is 0.244. The molecule has 2 heterocycles. The second-order valence-corrected chi connectivity index (χ2v) is 7.13. The van der Waals surface area contributed by atoms with Crippen molar-refractivity contribution >= 4 is 12.2 Å². The Labute approximate surface area is 174 Å². The van der Waals surface area contributed by atoms with Crippen LogP contribution in [0.2, 0.25) is 0 Å². The first-order valence-electron chi connectivity index (χ1n) is 9.26. The highest BCUT2D eigenvalue weighted by molar-refractivity contribution is 7.71. The summed E-state index contributed by atoms with van der Waals surface area (Å²) in [5, 5.41) is 4.76. The molecule has 0 atom stereocenters. The number of nitrogens with zero attached hydrogens (tertiary/aromatic N) is 4. The fraction of sp³-hybridized carbons (Fsp3) is 0.182. The Hall–Kier alpha value is -3.16. The van der Waals surface area contributed by atoms with Crippen LogP contribution < -0.4 is 4.74 Å². The predicted molar refractivity (Wildman–Crippen MR) is 115 cm³/mol. The Morgan fingerprint density at radius 1 is 1.07 bits per heavy atom. The standard InChI is InChI=1S/C22H22N4O2S/c1-24(15-17-8-6-11-19(14-17)27-2)16-25-22(29)26(18-9-4-3-5-10-18)21(23-25)20-12-7-13-28-20/h3-14H,15-16H2,1-2H3. The number of hydrogen-bond donors (Lipinski definition) is 0. The van der Waals surface area contributed by atoms with Gasteiger partial charge in [-0.15, -0.1) is 5.10 Å². The lowest BCUT2D eigenvalue weighted by Gasteiger charge is -2.16. The maximum atomic E-state index is 5.77. The van der Waals surface area contributed by atoms with Crippen molar-refractivity contribution < 1.29 is 9.15 Å². The van der Waals surface area contributed by atoms with Crippen LogP contribution in [0.4, 0.5) is 0 Å². The summed E-state index contributed by atoms with van der Waals surface area (Å²) >= 11 is 5.77. The van der Waals surface area contributed by atoms with Crippen LogP contribution in [0, 0.1) is 4.77 Å². The first-order valence-corrected chi connectivity index (χ1v) is 9.67. The van der Waals surface area contributed by atoms with Crippen LogP contribution in [-0.2, 0) is 13.2 Å². The minimum Gasteiger partial charge on any atom is -0.497 e. The van der Waals surface area contributed by atoms with Crippen molar-refractivity contribution in [1.29, 1.82) is 0 Å².